The molecule has 2 aromatic carbocycles. The Morgan fingerprint density at radius 1 is 1.12 bits per heavy atom. The largest absolute Gasteiger partial charge is 0.496 e. The highest BCUT2D eigenvalue weighted by atomic mass is 35.5. The van der Waals surface area contributed by atoms with Gasteiger partial charge >= 0.3 is 6.08 Å². The summed E-state index contributed by atoms with van der Waals surface area (Å²) in [5.41, 5.74) is 6.57. The van der Waals surface area contributed by atoms with E-state index in [1.165, 1.54) is 32.5 Å². The predicted octanol–water partition coefficient (Wildman–Crippen LogP) is 3.87. The van der Waals surface area contributed by atoms with Crippen LogP contribution < -0.4 is 24.7 Å². The number of halogens is 1. The summed E-state index contributed by atoms with van der Waals surface area (Å²) in [5.74, 6) is 1.17. The number of sulfonamides is 1. The normalized spacial score (nSPS) is 11.2. The predicted molar refractivity (Wildman–Crippen MR) is 125 cm³/mol. The Balaban J connectivity index is 0.00000324. The third-order valence-corrected chi connectivity index (χ3v) is 6.19. The van der Waals surface area contributed by atoms with E-state index in [2.05, 4.69) is 14.9 Å². The average molecular weight is 511 g/mol. The van der Waals surface area contributed by atoms with Crippen LogP contribution in [0.2, 0.25) is 0 Å². The van der Waals surface area contributed by atoms with E-state index in [9.17, 15) is 8.42 Å². The summed E-state index contributed by atoms with van der Waals surface area (Å²) in [6.45, 7) is 2.10. The smallest absolute Gasteiger partial charge is 0.399 e. The molecule has 0 radical (unpaired) electrons. The van der Waals surface area contributed by atoms with Crippen molar-refractivity contribution in [2.24, 2.45) is 5.73 Å². The number of anilines is 1. The minimum absolute atomic E-state index is 0. The van der Waals surface area contributed by atoms with Crippen LogP contribution in [0.15, 0.2) is 50.4 Å². The van der Waals surface area contributed by atoms with Gasteiger partial charge in [-0.3, -0.25) is 4.72 Å². The Hall–Kier alpha value is -3.48. The number of rotatable bonds is 9. The average Bonchev–Trinajstić information content (AvgIpc) is 3.44. The van der Waals surface area contributed by atoms with Gasteiger partial charge in [0, 0.05) is 12.1 Å². The molecule has 0 amide bonds. The molecule has 0 atom stereocenters. The van der Waals surface area contributed by atoms with Crippen molar-refractivity contribution in [2.75, 3.05) is 18.9 Å². The van der Waals surface area contributed by atoms with E-state index < -0.39 is 10.0 Å². The summed E-state index contributed by atoms with van der Waals surface area (Å²) >= 11 is 0. The molecule has 0 aliphatic rings. The number of benzene rings is 2. The summed E-state index contributed by atoms with van der Waals surface area (Å²) in [5, 5.41) is 4.19. The molecule has 4 aromatic rings. The van der Waals surface area contributed by atoms with Gasteiger partial charge in [-0.15, -0.1) is 12.4 Å². The molecule has 0 aliphatic carbocycles. The molecule has 0 fully saturated rings. The van der Waals surface area contributed by atoms with E-state index in [4.69, 9.17) is 28.9 Å². The number of nitrogens with one attached hydrogen (secondary N) is 1. The lowest BCUT2D eigenvalue weighted by Gasteiger charge is -2.12. The van der Waals surface area contributed by atoms with Crippen molar-refractivity contribution < 1.29 is 31.6 Å². The van der Waals surface area contributed by atoms with E-state index >= 15 is 0 Å². The topological polar surface area (TPSA) is 152 Å². The number of hydrogen-bond donors (Lipinski definition) is 2. The molecule has 0 saturated heterocycles. The van der Waals surface area contributed by atoms with E-state index in [0.717, 1.165) is 5.56 Å². The second kappa shape index (κ2) is 10.2. The number of methoxy groups -OCH3 is 2. The summed E-state index contributed by atoms with van der Waals surface area (Å²) in [4.78, 5) is 3.96. The lowest BCUT2D eigenvalue weighted by Crippen LogP contribution is -2.15. The summed E-state index contributed by atoms with van der Waals surface area (Å²) < 4.78 is 55.7. The first kappa shape index (κ1) is 25.1. The minimum Gasteiger partial charge on any atom is -0.496 e. The molecule has 0 saturated carbocycles. The van der Waals surface area contributed by atoms with E-state index in [-0.39, 0.29) is 58.6 Å². The van der Waals surface area contributed by atoms with Gasteiger partial charge in [-0.2, -0.15) is 4.98 Å². The fraction of sp³-hybridized carbons (Fsp3) is 0.238. The van der Waals surface area contributed by atoms with Gasteiger partial charge in [0.25, 0.3) is 10.0 Å². The van der Waals surface area contributed by atoms with Gasteiger partial charge in [0.05, 0.1) is 27.0 Å². The van der Waals surface area contributed by atoms with Crippen molar-refractivity contribution in [3.8, 4) is 23.3 Å². The van der Waals surface area contributed by atoms with Crippen LogP contribution in [0.3, 0.4) is 0 Å². The standard InChI is InChI=1S/C21H22N4O7S.ClH/c1-4-12-5-6-15(28-2)18(7-12)33(26,27)25-20-19-16(29-3)8-13(9-17(19)32-24-20)30-21-23-11-14(10-22)31-21;/h5-9,11H,4,10,22H2,1-3H3,(H,24,25);1H. The molecule has 0 aliphatic heterocycles. The lowest BCUT2D eigenvalue weighted by atomic mass is 10.2. The fourth-order valence-corrected chi connectivity index (χ4v) is 4.39. The van der Waals surface area contributed by atoms with Gasteiger partial charge in [0.2, 0.25) is 0 Å². The van der Waals surface area contributed by atoms with Crippen LogP contribution in [0.4, 0.5) is 5.82 Å². The summed E-state index contributed by atoms with van der Waals surface area (Å²) in [6.07, 6.45) is 2.10. The van der Waals surface area contributed by atoms with E-state index in [1.54, 1.807) is 18.2 Å². The number of aromatic nitrogens is 2. The molecule has 4 rings (SSSR count). The molecule has 182 valence electrons. The maximum atomic E-state index is 13.2. The highest BCUT2D eigenvalue weighted by molar-refractivity contribution is 7.92. The zero-order valence-corrected chi connectivity index (χ0v) is 20.2. The maximum absolute atomic E-state index is 13.2. The molecular formula is C21H23ClN4O7S. The second-order valence-electron chi connectivity index (χ2n) is 6.87. The SMILES string of the molecule is CCc1ccc(OC)c(S(=O)(=O)Nc2noc3cc(Oc4ncc(CN)o4)cc(OC)c23)c1.Cl. The van der Waals surface area contributed by atoms with Gasteiger partial charge < -0.3 is 28.9 Å². The highest BCUT2D eigenvalue weighted by Crippen LogP contribution is 2.38. The van der Waals surface area contributed by atoms with Gasteiger partial charge in [0.15, 0.2) is 11.4 Å². The number of nitrogens with zero attached hydrogens (tertiary/aromatic N) is 2. The minimum atomic E-state index is -4.06. The lowest BCUT2D eigenvalue weighted by molar-refractivity contribution is 0.317. The Bertz CT molecular complexity index is 1400. The Kier molecular flexibility index (Phi) is 7.54. The third kappa shape index (κ3) is 4.88. The molecule has 0 unspecified atom stereocenters. The molecule has 13 heteroatoms. The molecule has 34 heavy (non-hydrogen) atoms. The Morgan fingerprint density at radius 3 is 2.53 bits per heavy atom. The highest BCUT2D eigenvalue weighted by Gasteiger charge is 2.25. The summed E-state index contributed by atoms with van der Waals surface area (Å²) in [6, 6.07) is 8.00. The summed E-state index contributed by atoms with van der Waals surface area (Å²) in [7, 11) is -1.23. The first-order valence-electron chi connectivity index (χ1n) is 9.88. The van der Waals surface area contributed by atoms with Crippen LogP contribution in [0.25, 0.3) is 11.0 Å². The van der Waals surface area contributed by atoms with Crippen molar-refractivity contribution in [3.63, 3.8) is 0 Å². The Labute approximate surface area is 201 Å². The van der Waals surface area contributed by atoms with Crippen molar-refractivity contribution >= 4 is 39.2 Å². The first-order chi connectivity index (χ1) is 15.9. The molecule has 0 spiro atoms. The molecule has 3 N–H and O–H groups in total. The maximum Gasteiger partial charge on any atom is 0.399 e. The number of aryl methyl sites for hydroxylation is 1. The molecule has 2 aromatic heterocycles. The second-order valence-corrected chi connectivity index (χ2v) is 8.52. The molecule has 2 heterocycles. The molecular weight excluding hydrogens is 488 g/mol. The third-order valence-electron chi connectivity index (χ3n) is 4.83. The molecule has 0 bridgehead atoms. The number of fused-ring (bicyclic) bond motifs is 1. The quantitative estimate of drug-likeness (QED) is 0.339. The zero-order chi connectivity index (χ0) is 23.6. The molecule has 11 nitrogen and oxygen atoms in total. The van der Waals surface area contributed by atoms with Crippen LogP contribution in [0.5, 0.6) is 23.3 Å². The van der Waals surface area contributed by atoms with Crippen LogP contribution in [-0.2, 0) is 23.0 Å². The van der Waals surface area contributed by atoms with Gasteiger partial charge in [0.1, 0.15) is 33.3 Å². The number of hydrogen-bond acceptors (Lipinski definition) is 10. The van der Waals surface area contributed by atoms with Crippen LogP contribution in [0, 0.1) is 0 Å². The van der Waals surface area contributed by atoms with Gasteiger partial charge in [-0.25, -0.2) is 8.42 Å². The number of ether oxygens (including phenoxy) is 3. The van der Waals surface area contributed by atoms with E-state index in [0.29, 0.717) is 17.6 Å². The van der Waals surface area contributed by atoms with Gasteiger partial charge in [-0.1, -0.05) is 18.1 Å². The van der Waals surface area contributed by atoms with Crippen molar-refractivity contribution in [1.82, 2.24) is 10.1 Å². The zero-order valence-electron chi connectivity index (χ0n) is 18.5. The first-order valence-corrected chi connectivity index (χ1v) is 11.4. The van der Waals surface area contributed by atoms with Crippen molar-refractivity contribution in [1.29, 1.82) is 0 Å². The monoisotopic (exact) mass is 510 g/mol. The Morgan fingerprint density at radius 2 is 1.88 bits per heavy atom. The number of oxazole rings is 1. The fourth-order valence-electron chi connectivity index (χ4n) is 3.17. The number of nitrogens with two attached hydrogens (primary N) is 1. The van der Waals surface area contributed by atoms with Gasteiger partial charge in [-0.05, 0) is 24.1 Å². The van der Waals surface area contributed by atoms with E-state index in [1.807, 2.05) is 6.92 Å². The van der Waals surface area contributed by atoms with Crippen molar-refractivity contribution in [2.45, 2.75) is 24.8 Å². The van der Waals surface area contributed by atoms with Crippen molar-refractivity contribution in [3.05, 3.63) is 47.9 Å². The van der Waals surface area contributed by atoms with Crippen LogP contribution in [0.1, 0.15) is 18.2 Å². The van der Waals surface area contributed by atoms with Crippen LogP contribution >= 0.6 is 12.4 Å². The van der Waals surface area contributed by atoms with Crippen LogP contribution in [-0.4, -0.2) is 32.8 Å².